The van der Waals surface area contributed by atoms with Gasteiger partial charge in [0.05, 0.1) is 12.5 Å². The number of hydrogen-bond donors (Lipinski definition) is 1. The molecule has 0 heterocycles. The Bertz CT molecular complexity index is 900. The zero-order valence-corrected chi connectivity index (χ0v) is 18.5. The minimum absolute atomic E-state index is 0.300. The standard InChI is InChI=1S/C27H32N2O2/c1-29(21-18-22-14-16-25(31-2)17-15-22)20-9-19-27(26(28)30,23-10-5-3-6-11-23)24-12-7-4-8-13-24/h3-8,10-17H,9,18-21H2,1-2H3,(H2,28,30). The first kappa shape index (κ1) is 22.6. The number of hydrogen-bond acceptors (Lipinski definition) is 3. The van der Waals surface area contributed by atoms with Crippen LogP contribution in [-0.2, 0) is 16.6 Å². The highest BCUT2D eigenvalue weighted by Gasteiger charge is 2.39. The van der Waals surface area contributed by atoms with E-state index in [2.05, 4.69) is 24.1 Å². The lowest BCUT2D eigenvalue weighted by molar-refractivity contribution is -0.122. The summed E-state index contributed by atoms with van der Waals surface area (Å²) in [4.78, 5) is 15.2. The summed E-state index contributed by atoms with van der Waals surface area (Å²) in [6.45, 7) is 1.84. The van der Waals surface area contributed by atoms with Crippen LogP contribution < -0.4 is 10.5 Å². The van der Waals surface area contributed by atoms with E-state index in [4.69, 9.17) is 10.5 Å². The summed E-state index contributed by atoms with van der Waals surface area (Å²) in [5, 5.41) is 0. The lowest BCUT2D eigenvalue weighted by Crippen LogP contribution is -2.43. The first-order chi connectivity index (χ1) is 15.1. The van der Waals surface area contributed by atoms with E-state index in [0.717, 1.165) is 42.8 Å². The largest absolute Gasteiger partial charge is 0.497 e. The van der Waals surface area contributed by atoms with Gasteiger partial charge in [-0.3, -0.25) is 4.79 Å². The molecule has 2 N–H and O–H groups in total. The Kier molecular flexibility index (Phi) is 7.85. The van der Waals surface area contributed by atoms with Crippen molar-refractivity contribution in [2.24, 2.45) is 5.73 Å². The van der Waals surface area contributed by atoms with E-state index >= 15 is 0 Å². The second-order valence-electron chi connectivity index (χ2n) is 8.01. The highest BCUT2D eigenvalue weighted by Crippen LogP contribution is 2.36. The quantitative estimate of drug-likeness (QED) is 0.503. The molecule has 0 bridgehead atoms. The minimum atomic E-state index is -0.820. The Morgan fingerprint density at radius 3 is 1.90 bits per heavy atom. The van der Waals surface area contributed by atoms with Gasteiger partial charge in [0.15, 0.2) is 0 Å². The molecule has 3 aromatic carbocycles. The first-order valence-electron chi connectivity index (χ1n) is 10.8. The van der Waals surface area contributed by atoms with E-state index in [9.17, 15) is 4.79 Å². The summed E-state index contributed by atoms with van der Waals surface area (Å²) in [5.41, 5.74) is 8.42. The maximum atomic E-state index is 12.9. The monoisotopic (exact) mass is 416 g/mol. The molecule has 1 amide bonds. The van der Waals surface area contributed by atoms with Crippen molar-refractivity contribution in [3.63, 3.8) is 0 Å². The SMILES string of the molecule is COc1ccc(CCN(C)CCCC(C(N)=O)(c2ccccc2)c2ccccc2)cc1. The predicted molar refractivity (Wildman–Crippen MR) is 126 cm³/mol. The molecular weight excluding hydrogens is 384 g/mol. The molecule has 3 aromatic rings. The van der Waals surface area contributed by atoms with Crippen molar-refractivity contribution < 1.29 is 9.53 Å². The number of rotatable bonds is 11. The Morgan fingerprint density at radius 1 is 0.871 bits per heavy atom. The fraction of sp³-hybridized carbons (Fsp3) is 0.296. The van der Waals surface area contributed by atoms with Crippen LogP contribution in [0.3, 0.4) is 0 Å². The van der Waals surface area contributed by atoms with Gasteiger partial charge < -0.3 is 15.4 Å². The molecule has 0 aliphatic heterocycles. The molecule has 0 unspecified atom stereocenters. The number of benzene rings is 3. The summed E-state index contributed by atoms with van der Waals surface area (Å²) >= 11 is 0. The van der Waals surface area contributed by atoms with Crippen molar-refractivity contribution >= 4 is 5.91 Å². The summed E-state index contributed by atoms with van der Waals surface area (Å²) in [6.07, 6.45) is 2.51. The molecule has 162 valence electrons. The topological polar surface area (TPSA) is 55.6 Å². The van der Waals surface area contributed by atoms with Gasteiger partial charge in [0, 0.05) is 6.54 Å². The van der Waals surface area contributed by atoms with Crippen molar-refractivity contribution in [2.75, 3.05) is 27.2 Å². The zero-order valence-electron chi connectivity index (χ0n) is 18.5. The summed E-state index contributed by atoms with van der Waals surface area (Å²) < 4.78 is 5.22. The zero-order chi connectivity index (χ0) is 22.1. The number of amides is 1. The van der Waals surface area contributed by atoms with Crippen LogP contribution in [0.1, 0.15) is 29.5 Å². The van der Waals surface area contributed by atoms with Crippen molar-refractivity contribution in [1.82, 2.24) is 4.90 Å². The number of ether oxygens (including phenoxy) is 1. The number of methoxy groups -OCH3 is 1. The maximum Gasteiger partial charge on any atom is 0.232 e. The van der Waals surface area contributed by atoms with Crippen LogP contribution in [0.15, 0.2) is 84.9 Å². The summed E-state index contributed by atoms with van der Waals surface area (Å²) in [6, 6.07) is 28.0. The lowest BCUT2D eigenvalue weighted by Gasteiger charge is -2.32. The Balaban J connectivity index is 1.67. The molecule has 0 aliphatic carbocycles. The molecule has 0 radical (unpaired) electrons. The van der Waals surface area contributed by atoms with Crippen molar-refractivity contribution in [3.05, 3.63) is 102 Å². The summed E-state index contributed by atoms with van der Waals surface area (Å²) in [5.74, 6) is 0.576. The van der Waals surface area contributed by atoms with Crippen LogP contribution in [0.5, 0.6) is 5.75 Å². The average molecular weight is 417 g/mol. The van der Waals surface area contributed by atoms with Gasteiger partial charge in [0.25, 0.3) is 0 Å². The van der Waals surface area contributed by atoms with Gasteiger partial charge >= 0.3 is 0 Å². The third-order valence-electron chi connectivity index (χ3n) is 5.99. The number of likely N-dealkylation sites (N-methyl/N-ethyl adjacent to an activating group) is 1. The fourth-order valence-electron chi connectivity index (χ4n) is 4.15. The minimum Gasteiger partial charge on any atom is -0.497 e. The molecule has 0 aliphatic rings. The van der Waals surface area contributed by atoms with Crippen LogP contribution in [0.4, 0.5) is 0 Å². The molecule has 4 nitrogen and oxygen atoms in total. The lowest BCUT2D eigenvalue weighted by atomic mass is 9.70. The highest BCUT2D eigenvalue weighted by atomic mass is 16.5. The van der Waals surface area contributed by atoms with Gasteiger partial charge in [-0.25, -0.2) is 0 Å². The summed E-state index contributed by atoms with van der Waals surface area (Å²) in [7, 11) is 3.81. The molecule has 3 rings (SSSR count). The third-order valence-corrected chi connectivity index (χ3v) is 5.99. The molecular formula is C27H32N2O2. The Labute approximate surface area is 185 Å². The van der Waals surface area contributed by atoms with Gasteiger partial charge in [0.1, 0.15) is 5.75 Å². The van der Waals surface area contributed by atoms with E-state index < -0.39 is 5.41 Å². The number of primary amides is 1. The number of carbonyl (C=O) groups is 1. The van der Waals surface area contributed by atoms with Crippen LogP contribution in [-0.4, -0.2) is 38.1 Å². The van der Waals surface area contributed by atoms with Gasteiger partial charge in [-0.15, -0.1) is 0 Å². The predicted octanol–water partition coefficient (Wildman–Crippen LogP) is 4.42. The molecule has 0 saturated carbocycles. The molecule has 0 fully saturated rings. The van der Waals surface area contributed by atoms with Gasteiger partial charge in [-0.05, 0) is 61.7 Å². The van der Waals surface area contributed by atoms with E-state index in [-0.39, 0.29) is 5.91 Å². The van der Waals surface area contributed by atoms with Crippen molar-refractivity contribution in [3.8, 4) is 5.75 Å². The second kappa shape index (κ2) is 10.8. The molecule has 0 aromatic heterocycles. The van der Waals surface area contributed by atoms with E-state index in [0.29, 0.717) is 6.42 Å². The van der Waals surface area contributed by atoms with E-state index in [1.54, 1.807) is 7.11 Å². The first-order valence-corrected chi connectivity index (χ1v) is 10.8. The van der Waals surface area contributed by atoms with Crippen LogP contribution in [0.2, 0.25) is 0 Å². The van der Waals surface area contributed by atoms with Gasteiger partial charge in [-0.2, -0.15) is 0 Å². The Morgan fingerprint density at radius 2 is 1.42 bits per heavy atom. The van der Waals surface area contributed by atoms with E-state index in [1.165, 1.54) is 5.56 Å². The number of nitrogens with two attached hydrogens (primary N) is 1. The fourth-order valence-corrected chi connectivity index (χ4v) is 4.15. The molecule has 0 atom stereocenters. The second-order valence-corrected chi connectivity index (χ2v) is 8.01. The normalized spacial score (nSPS) is 11.5. The van der Waals surface area contributed by atoms with Crippen LogP contribution in [0, 0.1) is 0 Å². The average Bonchev–Trinajstić information content (AvgIpc) is 2.82. The molecule has 0 saturated heterocycles. The van der Waals surface area contributed by atoms with Crippen molar-refractivity contribution in [2.45, 2.75) is 24.7 Å². The molecule has 31 heavy (non-hydrogen) atoms. The smallest absolute Gasteiger partial charge is 0.232 e. The van der Waals surface area contributed by atoms with Crippen LogP contribution in [0.25, 0.3) is 0 Å². The van der Waals surface area contributed by atoms with Gasteiger partial charge in [-0.1, -0.05) is 72.8 Å². The molecule has 4 heteroatoms. The number of nitrogens with zero attached hydrogens (tertiary/aromatic N) is 1. The Hall–Kier alpha value is -3.11. The van der Waals surface area contributed by atoms with Crippen molar-refractivity contribution in [1.29, 1.82) is 0 Å². The van der Waals surface area contributed by atoms with E-state index in [1.807, 2.05) is 72.8 Å². The highest BCUT2D eigenvalue weighted by molar-refractivity contribution is 5.90. The third kappa shape index (κ3) is 5.53. The van der Waals surface area contributed by atoms with Crippen LogP contribution >= 0.6 is 0 Å². The van der Waals surface area contributed by atoms with Gasteiger partial charge in [0.2, 0.25) is 5.91 Å². The molecule has 0 spiro atoms. The number of carbonyl (C=O) groups excluding carboxylic acids is 1. The maximum absolute atomic E-state index is 12.9.